The molecule has 1 aromatic carbocycles. The van der Waals surface area contributed by atoms with E-state index in [0.717, 1.165) is 17.9 Å². The fourth-order valence-corrected chi connectivity index (χ4v) is 2.91. The van der Waals surface area contributed by atoms with Gasteiger partial charge >= 0.3 is 0 Å². The number of H-pyrrole nitrogens is 1. The van der Waals surface area contributed by atoms with Gasteiger partial charge in [0.15, 0.2) is 0 Å². The van der Waals surface area contributed by atoms with Crippen molar-refractivity contribution < 1.29 is 9.53 Å². The van der Waals surface area contributed by atoms with E-state index in [2.05, 4.69) is 10.3 Å². The number of carbonyl (C=O) groups excluding carboxylic acids is 1. The highest BCUT2D eigenvalue weighted by molar-refractivity contribution is 5.94. The number of aromatic nitrogens is 1. The van der Waals surface area contributed by atoms with Gasteiger partial charge in [0.05, 0.1) is 13.2 Å². The molecule has 0 radical (unpaired) electrons. The lowest BCUT2D eigenvalue weighted by Crippen LogP contribution is -2.48. The van der Waals surface area contributed by atoms with Gasteiger partial charge in [0, 0.05) is 43.0 Å². The van der Waals surface area contributed by atoms with E-state index >= 15 is 0 Å². The van der Waals surface area contributed by atoms with Gasteiger partial charge in [0.25, 0.3) is 5.91 Å². The van der Waals surface area contributed by atoms with Crippen LogP contribution < -0.4 is 15.6 Å². The number of piperazine rings is 1. The van der Waals surface area contributed by atoms with Gasteiger partial charge in [-0.25, -0.2) is 0 Å². The quantitative estimate of drug-likeness (QED) is 0.892. The molecular weight excluding hydrogens is 294 g/mol. The van der Waals surface area contributed by atoms with Gasteiger partial charge in [-0.1, -0.05) is 18.2 Å². The molecule has 0 bridgehead atoms. The molecule has 2 N–H and O–H groups in total. The third-order valence-corrected chi connectivity index (χ3v) is 4.02. The number of nitrogens with zero attached hydrogens (tertiary/aromatic N) is 1. The molecule has 1 aromatic heterocycles. The van der Waals surface area contributed by atoms with Crippen LogP contribution in [0.15, 0.2) is 47.4 Å². The predicted molar refractivity (Wildman–Crippen MR) is 86.7 cm³/mol. The maximum Gasteiger partial charge on any atom is 0.254 e. The second-order valence-corrected chi connectivity index (χ2v) is 5.40. The third kappa shape index (κ3) is 3.12. The van der Waals surface area contributed by atoms with Gasteiger partial charge in [-0.2, -0.15) is 0 Å². The minimum Gasteiger partial charge on any atom is -0.496 e. The van der Waals surface area contributed by atoms with Gasteiger partial charge in [-0.3, -0.25) is 9.59 Å². The first-order valence-electron chi connectivity index (χ1n) is 7.54. The van der Waals surface area contributed by atoms with Crippen LogP contribution in [0, 0.1) is 0 Å². The summed E-state index contributed by atoms with van der Waals surface area (Å²) in [4.78, 5) is 28.6. The highest BCUT2D eigenvalue weighted by Gasteiger charge is 2.30. The third-order valence-electron chi connectivity index (χ3n) is 4.02. The molecule has 2 aromatic rings. The van der Waals surface area contributed by atoms with E-state index in [-0.39, 0.29) is 17.5 Å². The molecule has 120 valence electrons. The number of ether oxygens (including phenoxy) is 1. The summed E-state index contributed by atoms with van der Waals surface area (Å²) in [5.41, 5.74) is 1.08. The molecule has 1 aliphatic heterocycles. The molecule has 6 nitrogen and oxygen atoms in total. The largest absolute Gasteiger partial charge is 0.496 e. The summed E-state index contributed by atoms with van der Waals surface area (Å²) in [6.45, 7) is 1.95. The number of para-hydroxylation sites is 1. The van der Waals surface area contributed by atoms with E-state index in [1.165, 1.54) is 12.3 Å². The summed E-state index contributed by atoms with van der Waals surface area (Å²) in [5, 5.41) is 3.31. The average Bonchev–Trinajstić information content (AvgIpc) is 2.61. The van der Waals surface area contributed by atoms with E-state index < -0.39 is 0 Å². The molecule has 0 spiro atoms. The van der Waals surface area contributed by atoms with Crippen LogP contribution in [0.5, 0.6) is 5.75 Å². The van der Waals surface area contributed by atoms with E-state index in [1.54, 1.807) is 18.1 Å². The Kier molecular flexibility index (Phi) is 4.43. The van der Waals surface area contributed by atoms with Gasteiger partial charge in [-0.05, 0) is 12.1 Å². The number of aromatic amines is 1. The molecule has 1 atom stereocenters. The SMILES string of the molecule is COc1ccccc1C1CNCCN1C(=O)c1cc[nH]c(=O)c1. The molecule has 1 aliphatic rings. The Balaban J connectivity index is 1.95. The standard InChI is InChI=1S/C17H19N3O3/c1-23-15-5-3-2-4-13(15)14-11-18-8-9-20(14)17(22)12-6-7-19-16(21)10-12/h2-7,10,14,18H,8-9,11H2,1H3,(H,19,21). The minimum absolute atomic E-state index is 0.133. The van der Waals surface area contributed by atoms with Crippen LogP contribution in [0.3, 0.4) is 0 Å². The number of hydrogen-bond donors (Lipinski definition) is 2. The molecule has 0 aliphatic carbocycles. The number of methoxy groups -OCH3 is 1. The monoisotopic (exact) mass is 313 g/mol. The van der Waals surface area contributed by atoms with Crippen molar-refractivity contribution in [1.82, 2.24) is 15.2 Å². The van der Waals surface area contributed by atoms with E-state index in [9.17, 15) is 9.59 Å². The normalized spacial score (nSPS) is 17.8. The maximum atomic E-state index is 12.8. The first-order valence-corrected chi connectivity index (χ1v) is 7.54. The second-order valence-electron chi connectivity index (χ2n) is 5.40. The summed E-state index contributed by atoms with van der Waals surface area (Å²) >= 11 is 0. The van der Waals surface area contributed by atoms with E-state index in [4.69, 9.17) is 4.74 Å². The number of benzene rings is 1. The molecule has 0 saturated carbocycles. The van der Waals surface area contributed by atoms with Gasteiger partial charge in [0.1, 0.15) is 5.75 Å². The zero-order valence-electron chi connectivity index (χ0n) is 12.9. The number of carbonyl (C=O) groups is 1. The topological polar surface area (TPSA) is 74.4 Å². The Labute approximate surface area is 134 Å². The Morgan fingerprint density at radius 3 is 2.91 bits per heavy atom. The van der Waals surface area contributed by atoms with Crippen LogP contribution >= 0.6 is 0 Å². The maximum absolute atomic E-state index is 12.8. The van der Waals surface area contributed by atoms with Crippen molar-refractivity contribution in [3.05, 3.63) is 64.1 Å². The van der Waals surface area contributed by atoms with Crippen molar-refractivity contribution in [1.29, 1.82) is 0 Å². The summed E-state index contributed by atoms with van der Waals surface area (Å²) in [5.74, 6) is 0.610. The zero-order chi connectivity index (χ0) is 16.2. The lowest BCUT2D eigenvalue weighted by molar-refractivity contribution is 0.0631. The number of hydrogen-bond acceptors (Lipinski definition) is 4. The van der Waals surface area contributed by atoms with Crippen LogP contribution in [0.4, 0.5) is 0 Å². The average molecular weight is 313 g/mol. The number of nitrogens with one attached hydrogen (secondary N) is 2. The van der Waals surface area contributed by atoms with Crippen molar-refractivity contribution in [3.8, 4) is 5.75 Å². The highest BCUT2D eigenvalue weighted by atomic mass is 16.5. The van der Waals surface area contributed by atoms with Crippen LogP contribution in [0.2, 0.25) is 0 Å². The minimum atomic E-state index is -0.278. The van der Waals surface area contributed by atoms with Crippen molar-refractivity contribution in [3.63, 3.8) is 0 Å². The molecule has 1 fully saturated rings. The fourth-order valence-electron chi connectivity index (χ4n) is 2.91. The molecule has 23 heavy (non-hydrogen) atoms. The first kappa shape index (κ1) is 15.3. The highest BCUT2D eigenvalue weighted by Crippen LogP contribution is 2.30. The molecular formula is C17H19N3O3. The van der Waals surface area contributed by atoms with E-state index in [1.807, 2.05) is 24.3 Å². The fraction of sp³-hybridized carbons (Fsp3) is 0.294. The molecule has 2 heterocycles. The van der Waals surface area contributed by atoms with Gasteiger partial charge in [-0.15, -0.1) is 0 Å². The van der Waals surface area contributed by atoms with Crippen LogP contribution in [-0.4, -0.2) is 42.5 Å². The first-order chi connectivity index (χ1) is 11.2. The van der Waals surface area contributed by atoms with E-state index in [0.29, 0.717) is 18.7 Å². The zero-order valence-corrected chi connectivity index (χ0v) is 12.9. The van der Waals surface area contributed by atoms with Crippen molar-refractivity contribution >= 4 is 5.91 Å². The Hall–Kier alpha value is -2.60. The second kappa shape index (κ2) is 6.66. The Morgan fingerprint density at radius 2 is 2.13 bits per heavy atom. The number of amides is 1. The van der Waals surface area contributed by atoms with Gasteiger partial charge < -0.3 is 19.9 Å². The van der Waals surface area contributed by atoms with Crippen molar-refractivity contribution in [2.75, 3.05) is 26.7 Å². The number of rotatable bonds is 3. The smallest absolute Gasteiger partial charge is 0.254 e. The van der Waals surface area contributed by atoms with Gasteiger partial charge in [0.2, 0.25) is 5.56 Å². The molecule has 1 amide bonds. The van der Waals surface area contributed by atoms with Crippen molar-refractivity contribution in [2.24, 2.45) is 0 Å². The summed E-state index contributed by atoms with van der Waals surface area (Å²) in [7, 11) is 1.62. The van der Waals surface area contributed by atoms with Crippen molar-refractivity contribution in [2.45, 2.75) is 6.04 Å². The Bertz CT molecular complexity index is 756. The molecule has 6 heteroatoms. The lowest BCUT2D eigenvalue weighted by Gasteiger charge is -2.37. The lowest BCUT2D eigenvalue weighted by atomic mass is 10.0. The predicted octanol–water partition coefficient (Wildman–Crippen LogP) is 1.17. The summed E-state index contributed by atoms with van der Waals surface area (Å²) in [6.07, 6.45) is 1.50. The molecule has 3 rings (SSSR count). The van der Waals surface area contributed by atoms with Crippen LogP contribution in [-0.2, 0) is 0 Å². The number of pyridine rings is 1. The molecule has 1 unspecified atom stereocenters. The Morgan fingerprint density at radius 1 is 1.30 bits per heavy atom. The summed E-state index contributed by atoms with van der Waals surface area (Å²) < 4.78 is 5.43. The molecule has 1 saturated heterocycles. The van der Waals surface area contributed by atoms with Crippen LogP contribution in [0.25, 0.3) is 0 Å². The summed E-state index contributed by atoms with van der Waals surface area (Å²) in [6, 6.07) is 10.5. The van der Waals surface area contributed by atoms with Crippen LogP contribution in [0.1, 0.15) is 22.0 Å².